The van der Waals surface area contributed by atoms with Crippen molar-refractivity contribution in [2.75, 3.05) is 22.5 Å². The highest BCUT2D eigenvalue weighted by Crippen LogP contribution is 2.16. The standard InChI is InChI=1S/C24H26N4O4/c1-24(2,3)28-22(30)16-9-11-17(12-10-16)26-21(29)15-25-18-6-4-7-19(14-18)27-23(31)20-8-5-13-32-20/h4-14,25H,15H2,1-3H3,(H,26,29)(H,27,31)(H,28,30). The summed E-state index contributed by atoms with van der Waals surface area (Å²) in [6.45, 7) is 5.77. The fourth-order valence-electron chi connectivity index (χ4n) is 2.81. The lowest BCUT2D eigenvalue weighted by Gasteiger charge is -2.20. The molecule has 3 rings (SSSR count). The Morgan fingerprint density at radius 1 is 0.812 bits per heavy atom. The molecule has 0 aliphatic carbocycles. The molecule has 0 saturated carbocycles. The van der Waals surface area contributed by atoms with Crippen molar-refractivity contribution in [3.05, 3.63) is 78.3 Å². The molecule has 8 heteroatoms. The number of carbonyl (C=O) groups is 3. The van der Waals surface area contributed by atoms with Crippen LogP contribution in [-0.4, -0.2) is 29.8 Å². The van der Waals surface area contributed by atoms with Crippen molar-refractivity contribution in [2.45, 2.75) is 26.3 Å². The fraction of sp³-hybridized carbons (Fsp3) is 0.208. The Labute approximate surface area is 186 Å². The highest BCUT2D eigenvalue weighted by Gasteiger charge is 2.15. The summed E-state index contributed by atoms with van der Waals surface area (Å²) in [4.78, 5) is 36.5. The number of benzene rings is 2. The summed E-state index contributed by atoms with van der Waals surface area (Å²) in [5, 5.41) is 11.4. The summed E-state index contributed by atoms with van der Waals surface area (Å²) < 4.78 is 5.07. The smallest absolute Gasteiger partial charge is 0.291 e. The highest BCUT2D eigenvalue weighted by atomic mass is 16.3. The van der Waals surface area contributed by atoms with Crippen LogP contribution in [0, 0.1) is 0 Å². The van der Waals surface area contributed by atoms with Gasteiger partial charge in [-0.2, -0.15) is 0 Å². The maximum absolute atomic E-state index is 12.3. The second-order valence-electron chi connectivity index (χ2n) is 8.20. The Morgan fingerprint density at radius 3 is 2.19 bits per heavy atom. The average molecular weight is 434 g/mol. The third-order valence-electron chi connectivity index (χ3n) is 4.24. The van der Waals surface area contributed by atoms with Crippen LogP contribution in [0.2, 0.25) is 0 Å². The molecule has 1 aromatic heterocycles. The lowest BCUT2D eigenvalue weighted by atomic mass is 10.1. The van der Waals surface area contributed by atoms with E-state index >= 15 is 0 Å². The largest absolute Gasteiger partial charge is 0.459 e. The van der Waals surface area contributed by atoms with Gasteiger partial charge in [0.25, 0.3) is 11.8 Å². The summed E-state index contributed by atoms with van der Waals surface area (Å²) in [6, 6.07) is 16.9. The number of nitrogens with one attached hydrogen (secondary N) is 4. The van der Waals surface area contributed by atoms with Gasteiger partial charge in [-0.1, -0.05) is 6.07 Å². The summed E-state index contributed by atoms with van der Waals surface area (Å²) in [6.07, 6.45) is 1.43. The molecule has 0 unspecified atom stereocenters. The van der Waals surface area contributed by atoms with Crippen LogP contribution in [0.25, 0.3) is 0 Å². The quantitative estimate of drug-likeness (QED) is 0.447. The minimum atomic E-state index is -0.357. The molecule has 0 saturated heterocycles. The van der Waals surface area contributed by atoms with Crippen molar-refractivity contribution in [2.24, 2.45) is 0 Å². The van der Waals surface area contributed by atoms with Crippen molar-refractivity contribution in [1.29, 1.82) is 0 Å². The molecular weight excluding hydrogens is 408 g/mol. The maximum Gasteiger partial charge on any atom is 0.291 e. The predicted octanol–water partition coefficient (Wildman–Crippen LogP) is 4.11. The molecule has 2 aromatic carbocycles. The lowest BCUT2D eigenvalue weighted by molar-refractivity contribution is -0.114. The minimum absolute atomic E-state index is 0.0296. The first-order valence-corrected chi connectivity index (χ1v) is 10.1. The van der Waals surface area contributed by atoms with E-state index in [1.165, 1.54) is 6.26 Å². The molecule has 0 atom stereocenters. The second kappa shape index (κ2) is 9.82. The van der Waals surface area contributed by atoms with Crippen LogP contribution in [0.5, 0.6) is 0 Å². The first kappa shape index (κ1) is 22.6. The molecule has 0 spiro atoms. The van der Waals surface area contributed by atoms with Crippen molar-refractivity contribution in [1.82, 2.24) is 5.32 Å². The molecule has 1 heterocycles. The zero-order valence-corrected chi connectivity index (χ0v) is 18.2. The van der Waals surface area contributed by atoms with Gasteiger partial charge in [-0.15, -0.1) is 0 Å². The summed E-state index contributed by atoms with van der Waals surface area (Å²) >= 11 is 0. The van der Waals surface area contributed by atoms with Crippen LogP contribution in [-0.2, 0) is 4.79 Å². The Hall–Kier alpha value is -4.07. The average Bonchev–Trinajstić information content (AvgIpc) is 3.27. The first-order valence-electron chi connectivity index (χ1n) is 10.1. The van der Waals surface area contributed by atoms with Crippen LogP contribution in [0.1, 0.15) is 41.7 Å². The van der Waals surface area contributed by atoms with Gasteiger partial charge < -0.3 is 25.7 Å². The molecule has 32 heavy (non-hydrogen) atoms. The third kappa shape index (κ3) is 6.73. The minimum Gasteiger partial charge on any atom is -0.459 e. The normalized spacial score (nSPS) is 10.8. The first-order chi connectivity index (χ1) is 15.2. The predicted molar refractivity (Wildman–Crippen MR) is 124 cm³/mol. The monoisotopic (exact) mass is 434 g/mol. The highest BCUT2D eigenvalue weighted by molar-refractivity contribution is 6.02. The zero-order valence-electron chi connectivity index (χ0n) is 18.2. The maximum atomic E-state index is 12.3. The summed E-state index contributed by atoms with van der Waals surface area (Å²) in [7, 11) is 0. The summed E-state index contributed by atoms with van der Waals surface area (Å²) in [5.74, 6) is -0.563. The second-order valence-corrected chi connectivity index (χ2v) is 8.20. The van der Waals surface area contributed by atoms with E-state index in [1.807, 2.05) is 20.8 Å². The number of hydrogen-bond acceptors (Lipinski definition) is 5. The van der Waals surface area contributed by atoms with Gasteiger partial charge in [-0.25, -0.2) is 0 Å². The third-order valence-corrected chi connectivity index (χ3v) is 4.24. The molecule has 166 valence electrons. The zero-order chi connectivity index (χ0) is 23.1. The number of carbonyl (C=O) groups excluding carboxylic acids is 3. The summed E-state index contributed by atoms with van der Waals surface area (Å²) in [5.41, 5.74) is 2.02. The van der Waals surface area contributed by atoms with Crippen molar-refractivity contribution in [3.8, 4) is 0 Å². The molecule has 4 N–H and O–H groups in total. The van der Waals surface area contributed by atoms with Crippen LogP contribution in [0.15, 0.2) is 71.3 Å². The Kier molecular flexibility index (Phi) is 6.94. The van der Waals surface area contributed by atoms with E-state index in [9.17, 15) is 14.4 Å². The molecule has 0 bridgehead atoms. The topological polar surface area (TPSA) is 112 Å². The Balaban J connectivity index is 1.50. The number of furan rings is 1. The number of hydrogen-bond donors (Lipinski definition) is 4. The van der Waals surface area contributed by atoms with Crippen molar-refractivity contribution in [3.63, 3.8) is 0 Å². The van der Waals surface area contributed by atoms with Crippen LogP contribution >= 0.6 is 0 Å². The molecule has 3 aromatic rings. The van der Waals surface area contributed by atoms with E-state index < -0.39 is 0 Å². The Morgan fingerprint density at radius 2 is 1.53 bits per heavy atom. The van der Waals surface area contributed by atoms with Gasteiger partial charge in [0, 0.05) is 28.2 Å². The van der Waals surface area contributed by atoms with Crippen LogP contribution in [0.4, 0.5) is 17.1 Å². The van der Waals surface area contributed by atoms with E-state index in [0.29, 0.717) is 22.6 Å². The molecule has 8 nitrogen and oxygen atoms in total. The van der Waals surface area contributed by atoms with Gasteiger partial charge in [0.1, 0.15) is 0 Å². The van der Waals surface area contributed by atoms with Gasteiger partial charge >= 0.3 is 0 Å². The van der Waals surface area contributed by atoms with E-state index in [4.69, 9.17) is 4.42 Å². The number of anilines is 3. The van der Waals surface area contributed by atoms with Crippen LogP contribution in [0.3, 0.4) is 0 Å². The molecular formula is C24H26N4O4. The van der Waals surface area contributed by atoms with Gasteiger partial charge in [0.15, 0.2) is 5.76 Å². The van der Waals surface area contributed by atoms with E-state index in [-0.39, 0.29) is 35.6 Å². The van der Waals surface area contributed by atoms with Gasteiger partial charge in [0.05, 0.1) is 12.8 Å². The number of amides is 3. The van der Waals surface area contributed by atoms with E-state index in [2.05, 4.69) is 21.3 Å². The van der Waals surface area contributed by atoms with Crippen LogP contribution < -0.4 is 21.3 Å². The van der Waals surface area contributed by atoms with Crippen molar-refractivity contribution >= 4 is 34.8 Å². The number of rotatable bonds is 7. The van der Waals surface area contributed by atoms with E-state index in [0.717, 1.165) is 0 Å². The fourth-order valence-corrected chi connectivity index (χ4v) is 2.81. The van der Waals surface area contributed by atoms with Gasteiger partial charge in [-0.3, -0.25) is 14.4 Å². The Bertz CT molecular complexity index is 1080. The SMILES string of the molecule is CC(C)(C)NC(=O)c1ccc(NC(=O)CNc2cccc(NC(=O)c3ccco3)c2)cc1. The molecule has 3 amide bonds. The molecule has 0 radical (unpaired) electrons. The van der Waals surface area contributed by atoms with Gasteiger partial charge in [0.2, 0.25) is 5.91 Å². The molecule has 0 fully saturated rings. The van der Waals surface area contributed by atoms with Gasteiger partial charge in [-0.05, 0) is 75.4 Å². The molecule has 0 aliphatic rings. The van der Waals surface area contributed by atoms with E-state index in [1.54, 1.807) is 60.7 Å². The lowest BCUT2D eigenvalue weighted by Crippen LogP contribution is -2.40. The molecule has 0 aliphatic heterocycles. The van der Waals surface area contributed by atoms with Crippen molar-refractivity contribution < 1.29 is 18.8 Å².